The number of benzene rings is 1. The predicted octanol–water partition coefficient (Wildman–Crippen LogP) is 5.23. The minimum absolute atomic E-state index is 0.526. The molecule has 1 saturated carbocycles. The number of hydrogen-bond acceptors (Lipinski definition) is 2. The summed E-state index contributed by atoms with van der Waals surface area (Å²) in [6.07, 6.45) is 7.84. The third-order valence-electron chi connectivity index (χ3n) is 5.87. The summed E-state index contributed by atoms with van der Waals surface area (Å²) in [7, 11) is 0. The van der Waals surface area contributed by atoms with Crippen molar-refractivity contribution in [3.05, 3.63) is 28.8 Å². The monoisotopic (exact) mass is 315 g/mol. The van der Waals surface area contributed by atoms with Crippen LogP contribution in [0, 0.1) is 18.8 Å². The van der Waals surface area contributed by atoms with E-state index in [-0.39, 0.29) is 0 Å². The largest absolute Gasteiger partial charge is 0.508 e. The lowest BCUT2D eigenvalue weighted by Crippen LogP contribution is -2.38. The van der Waals surface area contributed by atoms with E-state index in [1.807, 2.05) is 6.07 Å². The van der Waals surface area contributed by atoms with Crippen LogP contribution in [-0.2, 0) is 6.54 Å². The van der Waals surface area contributed by atoms with E-state index in [0.717, 1.165) is 18.4 Å². The highest BCUT2D eigenvalue weighted by atomic mass is 16.3. The normalized spacial score (nSPS) is 27.3. The third kappa shape index (κ3) is 4.09. The van der Waals surface area contributed by atoms with Gasteiger partial charge in [-0.1, -0.05) is 39.2 Å². The summed E-state index contributed by atoms with van der Waals surface area (Å²) in [5, 5.41) is 10.4. The second-order valence-electron chi connectivity index (χ2n) is 8.31. The first-order valence-electron chi connectivity index (χ1n) is 9.57. The van der Waals surface area contributed by atoms with Crippen LogP contribution in [-0.4, -0.2) is 23.1 Å². The Morgan fingerprint density at radius 2 is 1.70 bits per heavy atom. The molecule has 23 heavy (non-hydrogen) atoms. The van der Waals surface area contributed by atoms with Crippen LogP contribution in [0.1, 0.15) is 75.0 Å². The van der Waals surface area contributed by atoms with Gasteiger partial charge in [-0.15, -0.1) is 0 Å². The highest BCUT2D eigenvalue weighted by Gasteiger charge is 2.24. The molecule has 0 aromatic heterocycles. The standard InChI is InChI=1S/C21H33NO/c1-15-9-16(2)13-22(12-15)14-19-11-20(21(23)10-17(19)3)18-7-5-4-6-8-18/h10-11,15-16,18,23H,4-9,12-14H2,1-3H3. The molecule has 2 unspecified atom stereocenters. The first-order chi connectivity index (χ1) is 11.0. The average molecular weight is 316 g/mol. The van der Waals surface area contributed by atoms with Crippen LogP contribution in [0.15, 0.2) is 12.1 Å². The number of aryl methyl sites for hydroxylation is 1. The molecule has 0 spiro atoms. The number of likely N-dealkylation sites (tertiary alicyclic amines) is 1. The summed E-state index contributed by atoms with van der Waals surface area (Å²) in [6.45, 7) is 10.4. The smallest absolute Gasteiger partial charge is 0.119 e. The van der Waals surface area contributed by atoms with Gasteiger partial charge in [-0.25, -0.2) is 0 Å². The lowest BCUT2D eigenvalue weighted by Gasteiger charge is -2.35. The zero-order valence-corrected chi connectivity index (χ0v) is 15.1. The second kappa shape index (κ2) is 7.25. The van der Waals surface area contributed by atoms with Crippen LogP contribution in [0.4, 0.5) is 0 Å². The first kappa shape index (κ1) is 16.8. The van der Waals surface area contributed by atoms with E-state index in [1.165, 1.54) is 68.3 Å². The molecule has 1 aromatic carbocycles. The molecule has 3 rings (SSSR count). The van der Waals surface area contributed by atoms with Crippen molar-refractivity contribution in [3.8, 4) is 5.75 Å². The van der Waals surface area contributed by atoms with E-state index < -0.39 is 0 Å². The molecule has 0 radical (unpaired) electrons. The van der Waals surface area contributed by atoms with Crippen molar-refractivity contribution in [2.24, 2.45) is 11.8 Å². The molecule has 2 heteroatoms. The van der Waals surface area contributed by atoms with Crippen molar-refractivity contribution in [2.75, 3.05) is 13.1 Å². The quantitative estimate of drug-likeness (QED) is 0.826. The van der Waals surface area contributed by atoms with Gasteiger partial charge in [0, 0.05) is 19.6 Å². The summed E-state index contributed by atoms with van der Waals surface area (Å²) in [5.74, 6) is 2.70. The maximum Gasteiger partial charge on any atom is 0.119 e. The molecule has 2 atom stereocenters. The number of rotatable bonds is 3. The van der Waals surface area contributed by atoms with Crippen molar-refractivity contribution < 1.29 is 5.11 Å². The van der Waals surface area contributed by atoms with Crippen LogP contribution < -0.4 is 0 Å². The Morgan fingerprint density at radius 1 is 1.04 bits per heavy atom. The van der Waals surface area contributed by atoms with E-state index >= 15 is 0 Å². The molecule has 128 valence electrons. The van der Waals surface area contributed by atoms with Gasteiger partial charge in [0.25, 0.3) is 0 Å². The van der Waals surface area contributed by atoms with E-state index in [0.29, 0.717) is 11.7 Å². The van der Waals surface area contributed by atoms with Crippen LogP contribution in [0.25, 0.3) is 0 Å². The van der Waals surface area contributed by atoms with Crippen molar-refractivity contribution in [1.82, 2.24) is 4.90 Å². The van der Waals surface area contributed by atoms with Gasteiger partial charge in [0.05, 0.1) is 0 Å². The lowest BCUT2D eigenvalue weighted by molar-refractivity contribution is 0.134. The van der Waals surface area contributed by atoms with Crippen molar-refractivity contribution in [3.63, 3.8) is 0 Å². The minimum atomic E-state index is 0.526. The maximum absolute atomic E-state index is 10.4. The average Bonchev–Trinajstić information content (AvgIpc) is 2.50. The summed E-state index contributed by atoms with van der Waals surface area (Å²) in [6, 6.07) is 4.33. The molecular weight excluding hydrogens is 282 g/mol. The van der Waals surface area contributed by atoms with Gasteiger partial charge in [-0.2, -0.15) is 0 Å². The van der Waals surface area contributed by atoms with Gasteiger partial charge in [0.2, 0.25) is 0 Å². The fourth-order valence-corrected chi connectivity index (χ4v) is 4.83. The summed E-state index contributed by atoms with van der Waals surface area (Å²) < 4.78 is 0. The van der Waals surface area contributed by atoms with E-state index in [9.17, 15) is 5.11 Å². The van der Waals surface area contributed by atoms with Gasteiger partial charge < -0.3 is 5.11 Å². The number of nitrogens with zero attached hydrogens (tertiary/aromatic N) is 1. The van der Waals surface area contributed by atoms with Crippen LogP contribution in [0.5, 0.6) is 5.75 Å². The second-order valence-corrected chi connectivity index (χ2v) is 8.31. The minimum Gasteiger partial charge on any atom is -0.508 e. The van der Waals surface area contributed by atoms with Crippen molar-refractivity contribution in [1.29, 1.82) is 0 Å². The molecule has 1 aliphatic carbocycles. The van der Waals surface area contributed by atoms with Crippen molar-refractivity contribution >= 4 is 0 Å². The molecule has 0 bridgehead atoms. The molecule has 2 fully saturated rings. The molecule has 1 aliphatic heterocycles. The predicted molar refractivity (Wildman–Crippen MR) is 96.9 cm³/mol. The Balaban J connectivity index is 1.78. The molecule has 1 heterocycles. The lowest BCUT2D eigenvalue weighted by atomic mass is 9.82. The third-order valence-corrected chi connectivity index (χ3v) is 5.87. The summed E-state index contributed by atoms with van der Waals surface area (Å²) in [5.41, 5.74) is 3.88. The van der Waals surface area contributed by atoms with Gasteiger partial charge in [0.1, 0.15) is 5.75 Å². The molecule has 1 aromatic rings. The fraction of sp³-hybridized carbons (Fsp3) is 0.714. The SMILES string of the molecule is Cc1cc(O)c(C2CCCCC2)cc1CN1CC(C)CC(C)C1. The highest BCUT2D eigenvalue weighted by Crippen LogP contribution is 2.38. The molecular formula is C21H33NO. The number of hydrogen-bond donors (Lipinski definition) is 1. The van der Waals surface area contributed by atoms with Crippen molar-refractivity contribution in [2.45, 2.75) is 71.8 Å². The summed E-state index contributed by atoms with van der Waals surface area (Å²) in [4.78, 5) is 2.61. The Labute approximate surface area is 141 Å². The molecule has 1 N–H and O–H groups in total. The number of piperidine rings is 1. The van der Waals surface area contributed by atoms with E-state index in [2.05, 4.69) is 31.7 Å². The molecule has 1 saturated heterocycles. The van der Waals surface area contributed by atoms with Gasteiger partial charge in [0.15, 0.2) is 0 Å². The zero-order valence-electron chi connectivity index (χ0n) is 15.1. The van der Waals surface area contributed by atoms with Crippen LogP contribution in [0.3, 0.4) is 0 Å². The Morgan fingerprint density at radius 3 is 2.35 bits per heavy atom. The molecule has 2 aliphatic rings. The fourth-order valence-electron chi connectivity index (χ4n) is 4.83. The van der Waals surface area contributed by atoms with Crippen LogP contribution >= 0.6 is 0 Å². The van der Waals surface area contributed by atoms with E-state index in [1.54, 1.807) is 0 Å². The molecule has 2 nitrogen and oxygen atoms in total. The number of phenols is 1. The first-order valence-corrected chi connectivity index (χ1v) is 9.57. The topological polar surface area (TPSA) is 23.5 Å². The van der Waals surface area contributed by atoms with E-state index in [4.69, 9.17) is 0 Å². The highest BCUT2D eigenvalue weighted by molar-refractivity contribution is 5.43. The number of phenolic OH excluding ortho intramolecular Hbond substituents is 1. The summed E-state index contributed by atoms with van der Waals surface area (Å²) >= 11 is 0. The molecule has 0 amide bonds. The Bertz CT molecular complexity index is 523. The van der Waals surface area contributed by atoms with Crippen LogP contribution in [0.2, 0.25) is 0 Å². The Kier molecular flexibility index (Phi) is 5.31. The van der Waals surface area contributed by atoms with Gasteiger partial charge in [-0.05, 0) is 66.7 Å². The van der Waals surface area contributed by atoms with Gasteiger partial charge >= 0.3 is 0 Å². The maximum atomic E-state index is 10.4. The Hall–Kier alpha value is -1.02. The zero-order chi connectivity index (χ0) is 16.4. The van der Waals surface area contributed by atoms with Gasteiger partial charge in [-0.3, -0.25) is 4.90 Å². The number of aromatic hydroxyl groups is 1.